The number of amides is 1. The van der Waals surface area contributed by atoms with Crippen molar-refractivity contribution in [2.75, 3.05) is 6.54 Å². The van der Waals surface area contributed by atoms with Gasteiger partial charge in [0.1, 0.15) is 6.26 Å². The number of nitrogens with zero attached hydrogens (tertiary/aromatic N) is 1. The smallest absolute Gasteiger partial charge is 0.338 e. The molecular weight excluding hydrogens is 246 g/mol. The lowest BCUT2D eigenvalue weighted by molar-refractivity contribution is 0.0651. The minimum absolute atomic E-state index is 0.00273. The molecule has 1 heterocycles. The fraction of sp³-hybridized carbons (Fsp3) is 0.571. The molecule has 0 radical (unpaired) electrons. The Kier molecular flexibility index (Phi) is 5.60. The summed E-state index contributed by atoms with van der Waals surface area (Å²) in [6.45, 7) is 6.72. The Balaban J connectivity index is 2.87. The molecule has 1 amide bonds. The first-order valence-electron chi connectivity index (χ1n) is 6.64. The number of unbranched alkanes of at least 4 members (excludes halogenated alkanes) is 1. The van der Waals surface area contributed by atoms with Gasteiger partial charge in [-0.2, -0.15) is 0 Å². The summed E-state index contributed by atoms with van der Waals surface area (Å²) in [5.74, 6) is -1.24. The van der Waals surface area contributed by atoms with Crippen molar-refractivity contribution < 1.29 is 19.1 Å². The van der Waals surface area contributed by atoms with Gasteiger partial charge in [0.2, 0.25) is 0 Å². The fourth-order valence-corrected chi connectivity index (χ4v) is 1.77. The van der Waals surface area contributed by atoms with Crippen molar-refractivity contribution in [3.05, 3.63) is 23.7 Å². The molecule has 0 spiro atoms. The van der Waals surface area contributed by atoms with E-state index in [4.69, 9.17) is 9.52 Å². The van der Waals surface area contributed by atoms with Crippen LogP contribution in [0.4, 0.5) is 0 Å². The van der Waals surface area contributed by atoms with Gasteiger partial charge in [-0.15, -0.1) is 0 Å². The molecule has 0 aliphatic rings. The van der Waals surface area contributed by atoms with Crippen LogP contribution in [0.25, 0.3) is 0 Å². The lowest BCUT2D eigenvalue weighted by atomic mass is 10.1. The second kappa shape index (κ2) is 6.97. The van der Waals surface area contributed by atoms with Crippen molar-refractivity contribution >= 4 is 11.9 Å². The molecule has 106 valence electrons. The average Bonchev–Trinajstić information content (AvgIpc) is 2.88. The first kappa shape index (κ1) is 15.3. The van der Waals surface area contributed by atoms with Gasteiger partial charge >= 0.3 is 5.97 Å². The van der Waals surface area contributed by atoms with Gasteiger partial charge in [0.25, 0.3) is 5.91 Å². The topological polar surface area (TPSA) is 70.8 Å². The SMILES string of the molecule is CCCCN(C(=O)c1cc(C(=O)O)co1)C(C)CC. The Hall–Kier alpha value is -1.78. The molecule has 1 aromatic rings. The third-order valence-electron chi connectivity index (χ3n) is 3.19. The van der Waals surface area contributed by atoms with Crippen LogP contribution in [-0.4, -0.2) is 34.5 Å². The predicted molar refractivity (Wildman–Crippen MR) is 71.4 cm³/mol. The zero-order chi connectivity index (χ0) is 14.4. The van der Waals surface area contributed by atoms with Crippen LogP contribution in [0, 0.1) is 0 Å². The highest BCUT2D eigenvalue weighted by molar-refractivity contribution is 5.95. The van der Waals surface area contributed by atoms with Crippen molar-refractivity contribution in [2.24, 2.45) is 0 Å². The molecule has 0 bridgehead atoms. The Labute approximate surface area is 113 Å². The van der Waals surface area contributed by atoms with E-state index in [1.54, 1.807) is 4.90 Å². The second-order valence-electron chi connectivity index (χ2n) is 4.61. The van der Waals surface area contributed by atoms with Crippen LogP contribution >= 0.6 is 0 Å². The molecule has 0 aliphatic carbocycles. The molecule has 0 aliphatic heterocycles. The maximum atomic E-state index is 12.3. The van der Waals surface area contributed by atoms with E-state index in [0.717, 1.165) is 25.5 Å². The van der Waals surface area contributed by atoms with Gasteiger partial charge in [-0.3, -0.25) is 4.79 Å². The predicted octanol–water partition coefficient (Wildman–Crippen LogP) is 3.02. The summed E-state index contributed by atoms with van der Waals surface area (Å²) >= 11 is 0. The molecule has 1 N–H and O–H groups in total. The summed E-state index contributed by atoms with van der Waals surface area (Å²) in [6, 6.07) is 1.39. The second-order valence-corrected chi connectivity index (χ2v) is 4.61. The molecular formula is C14H21NO4. The third-order valence-corrected chi connectivity index (χ3v) is 3.19. The van der Waals surface area contributed by atoms with Gasteiger partial charge < -0.3 is 14.4 Å². The number of aromatic carboxylic acids is 1. The molecule has 19 heavy (non-hydrogen) atoms. The van der Waals surface area contributed by atoms with Crippen molar-refractivity contribution in [1.29, 1.82) is 0 Å². The van der Waals surface area contributed by atoms with Crippen molar-refractivity contribution in [1.82, 2.24) is 4.90 Å². The van der Waals surface area contributed by atoms with E-state index in [2.05, 4.69) is 6.92 Å². The monoisotopic (exact) mass is 267 g/mol. The lowest BCUT2D eigenvalue weighted by Gasteiger charge is -2.27. The first-order valence-corrected chi connectivity index (χ1v) is 6.64. The molecule has 1 atom stereocenters. The van der Waals surface area contributed by atoms with E-state index in [0.29, 0.717) is 6.54 Å². The summed E-state index contributed by atoms with van der Waals surface area (Å²) < 4.78 is 5.07. The maximum absolute atomic E-state index is 12.3. The highest BCUT2D eigenvalue weighted by atomic mass is 16.4. The number of rotatable bonds is 7. The molecule has 5 nitrogen and oxygen atoms in total. The van der Waals surface area contributed by atoms with Gasteiger partial charge in [-0.05, 0) is 19.8 Å². The van der Waals surface area contributed by atoms with Crippen LogP contribution < -0.4 is 0 Å². The standard InChI is InChI=1S/C14H21NO4/c1-4-6-7-15(10(3)5-2)13(16)12-8-11(9-19-12)14(17)18/h8-10H,4-7H2,1-3H3,(H,17,18). The largest absolute Gasteiger partial charge is 0.478 e. The first-order chi connectivity index (χ1) is 9.01. The van der Waals surface area contributed by atoms with Gasteiger partial charge in [-0.1, -0.05) is 20.3 Å². The molecule has 0 saturated heterocycles. The number of hydrogen-bond donors (Lipinski definition) is 1. The van der Waals surface area contributed by atoms with E-state index < -0.39 is 5.97 Å². The van der Waals surface area contributed by atoms with E-state index >= 15 is 0 Å². The zero-order valence-corrected chi connectivity index (χ0v) is 11.7. The Bertz CT molecular complexity index is 438. The third kappa shape index (κ3) is 3.84. The number of carbonyl (C=O) groups excluding carboxylic acids is 1. The Morgan fingerprint density at radius 3 is 2.58 bits per heavy atom. The molecule has 0 aromatic carbocycles. The quantitative estimate of drug-likeness (QED) is 0.824. The summed E-state index contributed by atoms with van der Waals surface area (Å²) in [7, 11) is 0. The van der Waals surface area contributed by atoms with E-state index in [1.165, 1.54) is 6.07 Å². The van der Waals surface area contributed by atoms with Crippen LogP contribution in [0.2, 0.25) is 0 Å². The number of carboxylic acids is 1. The van der Waals surface area contributed by atoms with E-state index in [1.807, 2.05) is 13.8 Å². The minimum Gasteiger partial charge on any atom is -0.478 e. The van der Waals surface area contributed by atoms with Gasteiger partial charge in [0.05, 0.1) is 5.56 Å². The maximum Gasteiger partial charge on any atom is 0.338 e. The van der Waals surface area contributed by atoms with Crippen LogP contribution in [0.15, 0.2) is 16.7 Å². The van der Waals surface area contributed by atoms with Crippen LogP contribution in [0.5, 0.6) is 0 Å². The summed E-state index contributed by atoms with van der Waals surface area (Å²) in [5, 5.41) is 8.83. The number of furan rings is 1. The van der Waals surface area contributed by atoms with Gasteiger partial charge in [0.15, 0.2) is 5.76 Å². The number of hydrogen-bond acceptors (Lipinski definition) is 3. The number of carbonyl (C=O) groups is 2. The highest BCUT2D eigenvalue weighted by Gasteiger charge is 2.23. The lowest BCUT2D eigenvalue weighted by Crippen LogP contribution is -2.38. The average molecular weight is 267 g/mol. The van der Waals surface area contributed by atoms with Crippen LogP contribution in [0.3, 0.4) is 0 Å². The summed E-state index contributed by atoms with van der Waals surface area (Å²) in [6.07, 6.45) is 3.87. The summed E-state index contributed by atoms with van der Waals surface area (Å²) in [5.41, 5.74) is 0.00273. The molecule has 1 aromatic heterocycles. The van der Waals surface area contributed by atoms with Crippen molar-refractivity contribution in [3.8, 4) is 0 Å². The van der Waals surface area contributed by atoms with E-state index in [-0.39, 0.29) is 23.3 Å². The minimum atomic E-state index is -1.09. The normalized spacial score (nSPS) is 12.2. The zero-order valence-electron chi connectivity index (χ0n) is 11.7. The highest BCUT2D eigenvalue weighted by Crippen LogP contribution is 2.15. The molecule has 0 saturated carbocycles. The van der Waals surface area contributed by atoms with Crippen molar-refractivity contribution in [2.45, 2.75) is 46.1 Å². The Morgan fingerprint density at radius 2 is 2.11 bits per heavy atom. The summed E-state index contributed by atoms with van der Waals surface area (Å²) in [4.78, 5) is 24.9. The number of carboxylic acid groups (broad SMARTS) is 1. The van der Waals surface area contributed by atoms with Crippen molar-refractivity contribution in [3.63, 3.8) is 0 Å². The van der Waals surface area contributed by atoms with E-state index in [9.17, 15) is 9.59 Å². The van der Waals surface area contributed by atoms with Crippen LogP contribution in [-0.2, 0) is 0 Å². The molecule has 1 rings (SSSR count). The van der Waals surface area contributed by atoms with Gasteiger partial charge in [0, 0.05) is 18.7 Å². The van der Waals surface area contributed by atoms with Gasteiger partial charge in [-0.25, -0.2) is 4.79 Å². The molecule has 5 heteroatoms. The Morgan fingerprint density at radius 1 is 1.42 bits per heavy atom. The molecule has 0 fully saturated rings. The fourth-order valence-electron chi connectivity index (χ4n) is 1.77. The molecule has 1 unspecified atom stereocenters. The van der Waals surface area contributed by atoms with Crippen LogP contribution in [0.1, 0.15) is 60.9 Å².